The molecule has 2 atom stereocenters. The second-order valence-electron chi connectivity index (χ2n) is 6.73. The fourth-order valence-corrected chi connectivity index (χ4v) is 2.96. The van der Waals surface area contributed by atoms with Gasteiger partial charge in [-0.1, -0.05) is 13.8 Å². The van der Waals surface area contributed by atoms with Gasteiger partial charge in [-0.25, -0.2) is 9.69 Å². The maximum atomic E-state index is 12.1. The molecule has 0 N–H and O–H groups in total. The molecular weight excluding hydrogens is 322 g/mol. The van der Waals surface area contributed by atoms with Crippen molar-refractivity contribution in [3.8, 4) is 0 Å². The first-order chi connectivity index (χ1) is 11.9. The summed E-state index contributed by atoms with van der Waals surface area (Å²) in [6, 6.07) is 6.23. The third-order valence-electron chi connectivity index (χ3n) is 4.68. The Kier molecular flexibility index (Phi) is 4.72. The summed E-state index contributed by atoms with van der Waals surface area (Å²) in [5, 5.41) is 0. The number of benzene rings is 1. The van der Waals surface area contributed by atoms with Crippen LogP contribution in [-0.4, -0.2) is 37.1 Å². The van der Waals surface area contributed by atoms with E-state index in [0.717, 1.165) is 4.90 Å². The van der Waals surface area contributed by atoms with Crippen LogP contribution in [0.4, 0.5) is 5.69 Å². The number of hydrogen-bond donors (Lipinski definition) is 0. The summed E-state index contributed by atoms with van der Waals surface area (Å²) >= 11 is 0. The lowest BCUT2D eigenvalue weighted by molar-refractivity contribution is -0.152. The zero-order valence-electron chi connectivity index (χ0n) is 14.5. The smallest absolute Gasteiger partial charge is 0.338 e. The molecular formula is C19H21NO5. The van der Waals surface area contributed by atoms with E-state index in [4.69, 9.17) is 9.47 Å². The fraction of sp³-hybridized carbons (Fsp3) is 0.421. The van der Waals surface area contributed by atoms with E-state index in [1.165, 1.54) is 6.08 Å². The number of imide groups is 1. The molecule has 2 amide bonds. The van der Waals surface area contributed by atoms with Crippen molar-refractivity contribution in [1.29, 1.82) is 0 Å². The number of anilines is 1. The standard InChI is InChI=1S/C19H21NO5/c1-11(2)15-9-24-16(15)10-25-19(23)13-4-6-14(7-5-13)20-17(21)8-12(3)18(20)22/h4-8,11,15-16H,9-10H2,1-3H3. The summed E-state index contributed by atoms with van der Waals surface area (Å²) in [7, 11) is 0. The van der Waals surface area contributed by atoms with Crippen LogP contribution in [0.2, 0.25) is 0 Å². The fourth-order valence-electron chi connectivity index (χ4n) is 2.96. The largest absolute Gasteiger partial charge is 0.459 e. The Bertz CT molecular complexity index is 735. The molecule has 2 aliphatic heterocycles. The van der Waals surface area contributed by atoms with Crippen LogP contribution in [0.5, 0.6) is 0 Å². The van der Waals surface area contributed by atoms with Crippen LogP contribution in [0.15, 0.2) is 35.9 Å². The molecule has 0 aromatic heterocycles. The number of carbonyl (C=O) groups excluding carboxylic acids is 3. The van der Waals surface area contributed by atoms with Gasteiger partial charge in [-0.15, -0.1) is 0 Å². The summed E-state index contributed by atoms with van der Waals surface area (Å²) < 4.78 is 10.8. The number of amides is 2. The maximum absolute atomic E-state index is 12.1. The van der Waals surface area contributed by atoms with Gasteiger partial charge < -0.3 is 9.47 Å². The highest BCUT2D eigenvalue weighted by atomic mass is 16.6. The summed E-state index contributed by atoms with van der Waals surface area (Å²) in [6.45, 7) is 6.78. The number of nitrogens with zero attached hydrogens (tertiary/aromatic N) is 1. The summed E-state index contributed by atoms with van der Waals surface area (Å²) in [6.07, 6.45) is 1.26. The first kappa shape index (κ1) is 17.4. The third kappa shape index (κ3) is 3.35. The topological polar surface area (TPSA) is 72.9 Å². The molecule has 2 heterocycles. The molecule has 0 saturated carbocycles. The van der Waals surface area contributed by atoms with Gasteiger partial charge in [-0.3, -0.25) is 9.59 Å². The molecule has 3 rings (SSSR count). The minimum Gasteiger partial charge on any atom is -0.459 e. The van der Waals surface area contributed by atoms with Crippen molar-refractivity contribution >= 4 is 23.5 Å². The maximum Gasteiger partial charge on any atom is 0.338 e. The van der Waals surface area contributed by atoms with Gasteiger partial charge in [0.1, 0.15) is 6.61 Å². The quantitative estimate of drug-likeness (QED) is 0.606. The number of ether oxygens (including phenoxy) is 2. The Morgan fingerprint density at radius 2 is 1.96 bits per heavy atom. The van der Waals surface area contributed by atoms with Crippen molar-refractivity contribution in [3.63, 3.8) is 0 Å². The summed E-state index contributed by atoms with van der Waals surface area (Å²) in [5.74, 6) is -0.262. The second kappa shape index (κ2) is 6.80. The van der Waals surface area contributed by atoms with Gasteiger partial charge in [0.05, 0.1) is 24.0 Å². The van der Waals surface area contributed by atoms with Crippen molar-refractivity contribution < 1.29 is 23.9 Å². The van der Waals surface area contributed by atoms with E-state index in [1.54, 1.807) is 31.2 Å². The van der Waals surface area contributed by atoms with Crippen molar-refractivity contribution in [2.24, 2.45) is 11.8 Å². The van der Waals surface area contributed by atoms with E-state index in [9.17, 15) is 14.4 Å². The van der Waals surface area contributed by atoms with E-state index >= 15 is 0 Å². The first-order valence-electron chi connectivity index (χ1n) is 8.34. The monoisotopic (exact) mass is 343 g/mol. The zero-order chi connectivity index (χ0) is 18.1. The SMILES string of the molecule is CC1=CC(=O)N(c2ccc(C(=O)OCC3OCC3C(C)C)cc2)C1=O. The average molecular weight is 343 g/mol. The van der Waals surface area contributed by atoms with Crippen LogP contribution in [0.3, 0.4) is 0 Å². The van der Waals surface area contributed by atoms with Crippen LogP contribution >= 0.6 is 0 Å². The molecule has 2 unspecified atom stereocenters. The van der Waals surface area contributed by atoms with Gasteiger partial charge in [-0.05, 0) is 37.1 Å². The third-order valence-corrected chi connectivity index (χ3v) is 4.68. The lowest BCUT2D eigenvalue weighted by Crippen LogP contribution is -2.46. The Hall–Kier alpha value is -2.47. The molecule has 25 heavy (non-hydrogen) atoms. The van der Waals surface area contributed by atoms with Gasteiger partial charge in [0.2, 0.25) is 0 Å². The number of hydrogen-bond acceptors (Lipinski definition) is 5. The lowest BCUT2D eigenvalue weighted by atomic mass is 9.87. The predicted molar refractivity (Wildman–Crippen MR) is 91.0 cm³/mol. The molecule has 1 fully saturated rings. The average Bonchev–Trinajstić information content (AvgIpc) is 2.78. The Balaban J connectivity index is 1.60. The molecule has 0 bridgehead atoms. The number of rotatable bonds is 5. The van der Waals surface area contributed by atoms with Gasteiger partial charge in [0.15, 0.2) is 0 Å². The molecule has 1 aromatic carbocycles. The molecule has 132 valence electrons. The molecule has 6 nitrogen and oxygen atoms in total. The van der Waals surface area contributed by atoms with E-state index in [1.807, 2.05) is 0 Å². The van der Waals surface area contributed by atoms with E-state index < -0.39 is 5.97 Å². The zero-order valence-corrected chi connectivity index (χ0v) is 14.5. The van der Waals surface area contributed by atoms with E-state index in [0.29, 0.717) is 35.3 Å². The van der Waals surface area contributed by atoms with E-state index in [-0.39, 0.29) is 24.5 Å². The normalized spacial score (nSPS) is 22.9. The minimum absolute atomic E-state index is 0.0443. The second-order valence-corrected chi connectivity index (χ2v) is 6.73. The summed E-state index contributed by atoms with van der Waals surface area (Å²) in [4.78, 5) is 37.0. The van der Waals surface area contributed by atoms with Crippen molar-refractivity contribution in [2.45, 2.75) is 26.9 Å². The molecule has 0 spiro atoms. The van der Waals surface area contributed by atoms with Crippen LogP contribution in [0.25, 0.3) is 0 Å². The van der Waals surface area contributed by atoms with Gasteiger partial charge in [0.25, 0.3) is 11.8 Å². The lowest BCUT2D eigenvalue weighted by Gasteiger charge is -2.38. The van der Waals surface area contributed by atoms with Crippen LogP contribution in [0.1, 0.15) is 31.1 Å². The van der Waals surface area contributed by atoms with Crippen molar-refractivity contribution in [1.82, 2.24) is 0 Å². The first-order valence-corrected chi connectivity index (χ1v) is 8.34. The number of carbonyl (C=O) groups is 3. The van der Waals surface area contributed by atoms with Crippen molar-refractivity contribution in [3.05, 3.63) is 41.5 Å². The van der Waals surface area contributed by atoms with Crippen molar-refractivity contribution in [2.75, 3.05) is 18.1 Å². The highest BCUT2D eigenvalue weighted by Gasteiger charge is 2.35. The Morgan fingerprint density at radius 1 is 1.28 bits per heavy atom. The van der Waals surface area contributed by atoms with E-state index in [2.05, 4.69) is 13.8 Å². The molecule has 0 radical (unpaired) electrons. The van der Waals surface area contributed by atoms with Crippen LogP contribution in [-0.2, 0) is 19.1 Å². The van der Waals surface area contributed by atoms with Gasteiger partial charge in [-0.2, -0.15) is 0 Å². The Morgan fingerprint density at radius 3 is 2.44 bits per heavy atom. The minimum atomic E-state index is -0.446. The van der Waals surface area contributed by atoms with Gasteiger partial charge in [0, 0.05) is 17.6 Å². The number of esters is 1. The van der Waals surface area contributed by atoms with Crippen LogP contribution < -0.4 is 4.90 Å². The molecule has 6 heteroatoms. The highest BCUT2D eigenvalue weighted by molar-refractivity contribution is 6.30. The molecule has 0 aliphatic carbocycles. The predicted octanol–water partition coefficient (Wildman–Crippen LogP) is 2.33. The molecule has 2 aliphatic rings. The highest BCUT2D eigenvalue weighted by Crippen LogP contribution is 2.28. The van der Waals surface area contributed by atoms with Gasteiger partial charge >= 0.3 is 5.97 Å². The van der Waals surface area contributed by atoms with Crippen LogP contribution in [0, 0.1) is 11.8 Å². The molecule has 1 saturated heterocycles. The Labute approximate surface area is 146 Å². The summed E-state index contributed by atoms with van der Waals surface area (Å²) in [5.41, 5.74) is 1.20. The molecule has 1 aromatic rings.